The number of carbonyl (C=O) groups excluding carboxylic acids is 1. The van der Waals surface area contributed by atoms with E-state index in [9.17, 15) is 4.79 Å². The quantitative estimate of drug-likeness (QED) is 0.814. The Morgan fingerprint density at radius 2 is 1.68 bits per heavy atom. The molecule has 6 nitrogen and oxygen atoms in total. The van der Waals surface area contributed by atoms with Crippen LogP contribution in [0.1, 0.15) is 42.2 Å². The van der Waals surface area contributed by atoms with Crippen LogP contribution in [0.4, 0.5) is 0 Å². The monoisotopic (exact) mass is 385 g/mol. The molecule has 0 fully saturated rings. The van der Waals surface area contributed by atoms with Gasteiger partial charge in [-0.2, -0.15) is 0 Å². The van der Waals surface area contributed by atoms with Crippen LogP contribution in [0, 0.1) is 5.92 Å². The normalized spacial score (nSPS) is 14.2. The first kappa shape index (κ1) is 19.9. The Kier molecular flexibility index (Phi) is 6.29. The summed E-state index contributed by atoms with van der Waals surface area (Å²) < 4.78 is 22.0. The van der Waals surface area contributed by atoms with Gasteiger partial charge in [0.05, 0.1) is 33.5 Å². The fourth-order valence-electron chi connectivity index (χ4n) is 3.21. The summed E-state index contributed by atoms with van der Waals surface area (Å²) in [5.74, 6) is 2.59. The Balaban J connectivity index is 1.83. The van der Waals surface area contributed by atoms with Gasteiger partial charge in [0.25, 0.3) is 5.91 Å². The third kappa shape index (κ3) is 4.32. The van der Waals surface area contributed by atoms with Crippen molar-refractivity contribution in [2.45, 2.75) is 26.3 Å². The zero-order valence-corrected chi connectivity index (χ0v) is 16.8. The first-order chi connectivity index (χ1) is 13.5. The van der Waals surface area contributed by atoms with E-state index in [4.69, 9.17) is 18.9 Å². The molecule has 0 unspecified atom stereocenters. The highest BCUT2D eigenvalue weighted by molar-refractivity contribution is 5.95. The SMILES string of the molecule is COc1ccc(C(=O)N[C@H](c2ccc3c(c2)OCCCO3)C(C)C)cc1OC. The summed E-state index contributed by atoms with van der Waals surface area (Å²) in [5, 5.41) is 3.13. The van der Waals surface area contributed by atoms with Crippen LogP contribution in [-0.2, 0) is 0 Å². The number of hydrogen-bond donors (Lipinski definition) is 1. The molecular weight excluding hydrogens is 358 g/mol. The van der Waals surface area contributed by atoms with E-state index in [-0.39, 0.29) is 17.9 Å². The summed E-state index contributed by atoms with van der Waals surface area (Å²) in [7, 11) is 3.12. The summed E-state index contributed by atoms with van der Waals surface area (Å²) >= 11 is 0. The summed E-state index contributed by atoms with van der Waals surface area (Å²) in [5.41, 5.74) is 1.49. The third-order valence-electron chi connectivity index (χ3n) is 4.73. The van der Waals surface area contributed by atoms with E-state index in [0.29, 0.717) is 30.3 Å². The summed E-state index contributed by atoms with van der Waals surface area (Å²) in [6, 6.07) is 10.8. The van der Waals surface area contributed by atoms with Gasteiger partial charge in [-0.25, -0.2) is 0 Å². The molecule has 28 heavy (non-hydrogen) atoms. The van der Waals surface area contributed by atoms with Crippen LogP contribution in [0.5, 0.6) is 23.0 Å². The number of amides is 1. The molecule has 0 aliphatic carbocycles. The van der Waals surface area contributed by atoms with Gasteiger partial charge >= 0.3 is 0 Å². The Labute approximate surface area is 165 Å². The summed E-state index contributed by atoms with van der Waals surface area (Å²) in [4.78, 5) is 12.9. The number of methoxy groups -OCH3 is 2. The van der Waals surface area contributed by atoms with Crippen molar-refractivity contribution in [3.8, 4) is 23.0 Å². The predicted octanol–water partition coefficient (Wildman–Crippen LogP) is 3.99. The van der Waals surface area contributed by atoms with Gasteiger partial charge < -0.3 is 24.3 Å². The number of rotatable bonds is 6. The molecule has 3 rings (SSSR count). The number of ether oxygens (including phenoxy) is 4. The van der Waals surface area contributed by atoms with E-state index in [2.05, 4.69) is 19.2 Å². The molecule has 0 saturated carbocycles. The Morgan fingerprint density at radius 3 is 2.36 bits per heavy atom. The lowest BCUT2D eigenvalue weighted by molar-refractivity contribution is 0.0925. The lowest BCUT2D eigenvalue weighted by Gasteiger charge is -2.24. The first-order valence-corrected chi connectivity index (χ1v) is 9.46. The fourth-order valence-corrected chi connectivity index (χ4v) is 3.21. The smallest absolute Gasteiger partial charge is 0.251 e. The highest BCUT2D eigenvalue weighted by Gasteiger charge is 2.22. The van der Waals surface area contributed by atoms with Crippen molar-refractivity contribution in [1.29, 1.82) is 0 Å². The van der Waals surface area contributed by atoms with E-state index >= 15 is 0 Å². The van der Waals surface area contributed by atoms with E-state index in [1.165, 1.54) is 0 Å². The molecule has 1 N–H and O–H groups in total. The van der Waals surface area contributed by atoms with Gasteiger partial charge in [-0.1, -0.05) is 19.9 Å². The maximum atomic E-state index is 12.9. The number of nitrogens with one attached hydrogen (secondary N) is 1. The highest BCUT2D eigenvalue weighted by atomic mass is 16.5. The van der Waals surface area contributed by atoms with Crippen molar-refractivity contribution in [2.24, 2.45) is 5.92 Å². The van der Waals surface area contributed by atoms with Crippen molar-refractivity contribution in [3.63, 3.8) is 0 Å². The molecule has 0 aromatic heterocycles. The lowest BCUT2D eigenvalue weighted by atomic mass is 9.95. The van der Waals surface area contributed by atoms with E-state index in [0.717, 1.165) is 23.5 Å². The standard InChI is InChI=1S/C22H27NO5/c1-14(2)21(15-6-9-18-20(12-15)28-11-5-10-27-18)23-22(24)16-7-8-17(25-3)19(13-16)26-4/h6-9,12-14,21H,5,10-11H2,1-4H3,(H,23,24)/t21-/m0/s1. The second-order valence-electron chi connectivity index (χ2n) is 7.02. The molecule has 0 saturated heterocycles. The number of benzene rings is 2. The molecule has 2 aromatic rings. The minimum absolute atomic E-state index is 0.169. The molecule has 150 valence electrons. The minimum Gasteiger partial charge on any atom is -0.493 e. The second kappa shape index (κ2) is 8.87. The Bertz CT molecular complexity index is 834. The van der Waals surface area contributed by atoms with Crippen LogP contribution in [0.2, 0.25) is 0 Å². The molecule has 0 bridgehead atoms. The van der Waals surface area contributed by atoms with Gasteiger partial charge in [0, 0.05) is 12.0 Å². The molecule has 1 heterocycles. The van der Waals surface area contributed by atoms with Crippen molar-refractivity contribution in [3.05, 3.63) is 47.5 Å². The van der Waals surface area contributed by atoms with Crippen LogP contribution in [-0.4, -0.2) is 33.3 Å². The first-order valence-electron chi connectivity index (χ1n) is 9.46. The van der Waals surface area contributed by atoms with Crippen molar-refractivity contribution in [2.75, 3.05) is 27.4 Å². The largest absolute Gasteiger partial charge is 0.493 e. The van der Waals surface area contributed by atoms with E-state index < -0.39 is 0 Å². The third-order valence-corrected chi connectivity index (χ3v) is 4.73. The van der Waals surface area contributed by atoms with Crippen LogP contribution >= 0.6 is 0 Å². The maximum Gasteiger partial charge on any atom is 0.251 e. The van der Waals surface area contributed by atoms with Crippen LogP contribution < -0.4 is 24.3 Å². The lowest BCUT2D eigenvalue weighted by Crippen LogP contribution is -2.31. The van der Waals surface area contributed by atoms with E-state index in [1.54, 1.807) is 32.4 Å². The summed E-state index contributed by atoms with van der Waals surface area (Å²) in [6.07, 6.45) is 0.855. The fraction of sp³-hybridized carbons (Fsp3) is 0.409. The molecule has 1 atom stereocenters. The van der Waals surface area contributed by atoms with Crippen LogP contribution in [0.25, 0.3) is 0 Å². The predicted molar refractivity (Wildman–Crippen MR) is 107 cm³/mol. The molecule has 1 aliphatic heterocycles. The molecule has 2 aromatic carbocycles. The van der Waals surface area contributed by atoms with Gasteiger partial charge in [0.1, 0.15) is 0 Å². The van der Waals surface area contributed by atoms with E-state index in [1.807, 2.05) is 18.2 Å². The van der Waals surface area contributed by atoms with Gasteiger partial charge in [-0.05, 0) is 41.8 Å². The number of fused-ring (bicyclic) bond motifs is 1. The number of hydrogen-bond acceptors (Lipinski definition) is 5. The molecule has 1 amide bonds. The van der Waals surface area contributed by atoms with Crippen molar-refractivity contribution >= 4 is 5.91 Å². The average Bonchev–Trinajstić information content (AvgIpc) is 2.95. The van der Waals surface area contributed by atoms with Crippen molar-refractivity contribution < 1.29 is 23.7 Å². The van der Waals surface area contributed by atoms with Gasteiger partial charge in [0.15, 0.2) is 23.0 Å². The Hall–Kier alpha value is -2.89. The topological polar surface area (TPSA) is 66.0 Å². The highest BCUT2D eigenvalue weighted by Crippen LogP contribution is 2.34. The zero-order chi connectivity index (χ0) is 20.1. The maximum absolute atomic E-state index is 12.9. The Morgan fingerprint density at radius 1 is 0.964 bits per heavy atom. The molecule has 0 radical (unpaired) electrons. The zero-order valence-electron chi connectivity index (χ0n) is 16.8. The van der Waals surface area contributed by atoms with Gasteiger partial charge in [-0.3, -0.25) is 4.79 Å². The molecular formula is C22H27NO5. The minimum atomic E-state index is -0.174. The molecule has 0 spiro atoms. The van der Waals surface area contributed by atoms with Crippen LogP contribution in [0.15, 0.2) is 36.4 Å². The van der Waals surface area contributed by atoms with Gasteiger partial charge in [-0.15, -0.1) is 0 Å². The molecule has 6 heteroatoms. The average molecular weight is 385 g/mol. The summed E-state index contributed by atoms with van der Waals surface area (Å²) in [6.45, 7) is 5.42. The van der Waals surface area contributed by atoms with Gasteiger partial charge in [0.2, 0.25) is 0 Å². The van der Waals surface area contributed by atoms with Crippen molar-refractivity contribution in [1.82, 2.24) is 5.32 Å². The second-order valence-corrected chi connectivity index (χ2v) is 7.02. The van der Waals surface area contributed by atoms with Crippen LogP contribution in [0.3, 0.4) is 0 Å². The number of carbonyl (C=O) groups is 1. The molecule has 1 aliphatic rings.